The SMILES string of the molecule is Cc1cccc(N2CCN(C(=O)c3ccc(-c4nc(C)no4)cc3)CC2)c1. The van der Waals surface area contributed by atoms with Crippen LogP contribution < -0.4 is 4.90 Å². The summed E-state index contributed by atoms with van der Waals surface area (Å²) in [5.74, 6) is 1.13. The van der Waals surface area contributed by atoms with Gasteiger partial charge in [0, 0.05) is 43.0 Å². The molecular formula is C21H22N4O2. The smallest absolute Gasteiger partial charge is 0.257 e. The molecule has 0 atom stereocenters. The molecule has 1 saturated heterocycles. The number of nitrogens with zero attached hydrogens (tertiary/aromatic N) is 4. The van der Waals surface area contributed by atoms with Crippen LogP contribution in [0.1, 0.15) is 21.7 Å². The fourth-order valence-corrected chi connectivity index (χ4v) is 3.34. The molecule has 6 nitrogen and oxygen atoms in total. The van der Waals surface area contributed by atoms with E-state index < -0.39 is 0 Å². The largest absolute Gasteiger partial charge is 0.368 e. The van der Waals surface area contributed by atoms with Crippen LogP contribution in [0.25, 0.3) is 11.5 Å². The standard InChI is InChI=1S/C21H22N4O2/c1-15-4-3-5-19(14-15)24-10-12-25(13-11-24)21(26)18-8-6-17(7-9-18)20-22-16(2)23-27-20/h3-9,14H,10-13H2,1-2H3. The Morgan fingerprint density at radius 3 is 2.37 bits per heavy atom. The molecule has 0 spiro atoms. The zero-order valence-corrected chi connectivity index (χ0v) is 15.6. The second kappa shape index (κ2) is 7.23. The van der Waals surface area contributed by atoms with Gasteiger partial charge in [-0.05, 0) is 55.8 Å². The number of amides is 1. The molecule has 0 bridgehead atoms. The lowest BCUT2D eigenvalue weighted by atomic mass is 10.1. The summed E-state index contributed by atoms with van der Waals surface area (Å²) in [6.45, 7) is 7.00. The van der Waals surface area contributed by atoms with E-state index in [0.29, 0.717) is 17.3 Å². The molecule has 0 radical (unpaired) electrons. The van der Waals surface area contributed by atoms with Gasteiger partial charge in [-0.3, -0.25) is 4.79 Å². The van der Waals surface area contributed by atoms with E-state index in [9.17, 15) is 4.79 Å². The minimum absolute atomic E-state index is 0.0622. The van der Waals surface area contributed by atoms with Gasteiger partial charge in [-0.2, -0.15) is 4.98 Å². The van der Waals surface area contributed by atoms with Crippen LogP contribution in [0.5, 0.6) is 0 Å². The van der Waals surface area contributed by atoms with Crippen molar-refractivity contribution >= 4 is 11.6 Å². The summed E-state index contributed by atoms with van der Waals surface area (Å²) in [6, 6.07) is 15.8. The second-order valence-electron chi connectivity index (χ2n) is 6.84. The van der Waals surface area contributed by atoms with Crippen LogP contribution in [0.4, 0.5) is 5.69 Å². The zero-order valence-electron chi connectivity index (χ0n) is 15.6. The van der Waals surface area contributed by atoms with Crippen molar-refractivity contribution in [2.45, 2.75) is 13.8 Å². The Bertz CT molecular complexity index is 941. The quantitative estimate of drug-likeness (QED) is 0.715. The van der Waals surface area contributed by atoms with Crippen molar-refractivity contribution in [2.24, 2.45) is 0 Å². The lowest BCUT2D eigenvalue weighted by Gasteiger charge is -2.36. The van der Waals surface area contributed by atoms with Crippen LogP contribution in [-0.2, 0) is 0 Å². The van der Waals surface area contributed by atoms with Gasteiger partial charge >= 0.3 is 0 Å². The van der Waals surface area contributed by atoms with E-state index in [0.717, 1.165) is 31.7 Å². The van der Waals surface area contributed by atoms with Crippen molar-refractivity contribution < 1.29 is 9.32 Å². The topological polar surface area (TPSA) is 62.5 Å². The third kappa shape index (κ3) is 3.69. The van der Waals surface area contributed by atoms with E-state index in [4.69, 9.17) is 4.52 Å². The first kappa shape index (κ1) is 17.3. The summed E-state index contributed by atoms with van der Waals surface area (Å²) in [6.07, 6.45) is 0. The van der Waals surface area contributed by atoms with Gasteiger partial charge in [0.05, 0.1) is 0 Å². The summed E-state index contributed by atoms with van der Waals surface area (Å²) in [4.78, 5) is 21.3. The van der Waals surface area contributed by atoms with Gasteiger partial charge in [-0.15, -0.1) is 0 Å². The van der Waals surface area contributed by atoms with E-state index in [1.807, 2.05) is 29.2 Å². The number of piperazine rings is 1. The lowest BCUT2D eigenvalue weighted by molar-refractivity contribution is 0.0747. The number of anilines is 1. The van der Waals surface area contributed by atoms with E-state index in [1.54, 1.807) is 6.92 Å². The van der Waals surface area contributed by atoms with Gasteiger partial charge in [0.1, 0.15) is 0 Å². The summed E-state index contributed by atoms with van der Waals surface area (Å²) in [5, 5.41) is 3.80. The number of aryl methyl sites for hydroxylation is 2. The molecule has 1 fully saturated rings. The predicted octanol–water partition coefficient (Wildman–Crippen LogP) is 3.32. The van der Waals surface area contributed by atoms with Crippen LogP contribution >= 0.6 is 0 Å². The number of hydrogen-bond acceptors (Lipinski definition) is 5. The first-order valence-corrected chi connectivity index (χ1v) is 9.12. The number of aromatic nitrogens is 2. The highest BCUT2D eigenvalue weighted by atomic mass is 16.5. The summed E-state index contributed by atoms with van der Waals surface area (Å²) < 4.78 is 5.17. The molecule has 1 amide bonds. The predicted molar refractivity (Wildman–Crippen MR) is 104 cm³/mol. The van der Waals surface area contributed by atoms with Gasteiger partial charge in [0.2, 0.25) is 0 Å². The average molecular weight is 362 g/mol. The third-order valence-corrected chi connectivity index (χ3v) is 4.84. The Morgan fingerprint density at radius 2 is 1.74 bits per heavy atom. The van der Waals surface area contributed by atoms with Crippen molar-refractivity contribution in [3.05, 3.63) is 65.5 Å². The minimum Gasteiger partial charge on any atom is -0.368 e. The molecule has 0 saturated carbocycles. The molecule has 1 aromatic heterocycles. The Kier molecular flexibility index (Phi) is 4.62. The Hall–Kier alpha value is -3.15. The summed E-state index contributed by atoms with van der Waals surface area (Å²) in [5.41, 5.74) is 3.97. The fourth-order valence-electron chi connectivity index (χ4n) is 3.34. The molecule has 3 aromatic rings. The van der Waals surface area contributed by atoms with Crippen molar-refractivity contribution in [1.29, 1.82) is 0 Å². The molecule has 1 aliphatic rings. The van der Waals surface area contributed by atoms with Crippen molar-refractivity contribution in [1.82, 2.24) is 15.0 Å². The normalized spacial score (nSPS) is 14.4. The average Bonchev–Trinajstić information content (AvgIpc) is 3.14. The molecule has 2 heterocycles. The van der Waals surface area contributed by atoms with Gasteiger partial charge in [-0.25, -0.2) is 0 Å². The molecule has 0 aliphatic carbocycles. The molecule has 0 N–H and O–H groups in total. The lowest BCUT2D eigenvalue weighted by Crippen LogP contribution is -2.48. The van der Waals surface area contributed by atoms with Crippen molar-refractivity contribution in [3.8, 4) is 11.5 Å². The Balaban J connectivity index is 1.40. The molecule has 138 valence electrons. The van der Waals surface area contributed by atoms with Gasteiger partial charge in [0.25, 0.3) is 11.8 Å². The number of carbonyl (C=O) groups excluding carboxylic acids is 1. The van der Waals surface area contributed by atoms with Crippen LogP contribution in [-0.4, -0.2) is 47.1 Å². The van der Waals surface area contributed by atoms with Gasteiger partial charge in [0.15, 0.2) is 5.82 Å². The highest BCUT2D eigenvalue weighted by Crippen LogP contribution is 2.21. The molecular weight excluding hydrogens is 340 g/mol. The zero-order chi connectivity index (χ0) is 18.8. The van der Waals surface area contributed by atoms with E-state index >= 15 is 0 Å². The Labute approximate surface area is 158 Å². The first-order chi connectivity index (χ1) is 13.1. The number of rotatable bonds is 3. The number of hydrogen-bond donors (Lipinski definition) is 0. The fraction of sp³-hybridized carbons (Fsp3) is 0.286. The van der Waals surface area contributed by atoms with E-state index in [2.05, 4.69) is 46.2 Å². The second-order valence-corrected chi connectivity index (χ2v) is 6.84. The van der Waals surface area contributed by atoms with E-state index in [-0.39, 0.29) is 5.91 Å². The Morgan fingerprint density at radius 1 is 1.00 bits per heavy atom. The highest BCUT2D eigenvalue weighted by molar-refractivity contribution is 5.94. The molecule has 0 unspecified atom stereocenters. The van der Waals surface area contributed by atoms with Gasteiger partial charge < -0.3 is 14.3 Å². The van der Waals surface area contributed by atoms with Gasteiger partial charge in [-0.1, -0.05) is 17.3 Å². The summed E-state index contributed by atoms with van der Waals surface area (Å²) >= 11 is 0. The van der Waals surface area contributed by atoms with Crippen LogP contribution in [0.2, 0.25) is 0 Å². The maximum atomic E-state index is 12.8. The molecule has 1 aliphatic heterocycles. The molecule has 4 rings (SSSR count). The van der Waals surface area contributed by atoms with Crippen LogP contribution in [0, 0.1) is 13.8 Å². The van der Waals surface area contributed by atoms with Crippen molar-refractivity contribution in [2.75, 3.05) is 31.1 Å². The molecule has 27 heavy (non-hydrogen) atoms. The van der Waals surface area contributed by atoms with E-state index in [1.165, 1.54) is 11.3 Å². The molecule has 2 aromatic carbocycles. The summed E-state index contributed by atoms with van der Waals surface area (Å²) in [7, 11) is 0. The van der Waals surface area contributed by atoms with Crippen LogP contribution in [0.3, 0.4) is 0 Å². The first-order valence-electron chi connectivity index (χ1n) is 9.12. The highest BCUT2D eigenvalue weighted by Gasteiger charge is 2.22. The van der Waals surface area contributed by atoms with Crippen molar-refractivity contribution in [3.63, 3.8) is 0 Å². The maximum Gasteiger partial charge on any atom is 0.257 e. The number of benzene rings is 2. The monoisotopic (exact) mass is 362 g/mol. The minimum atomic E-state index is 0.0622. The van der Waals surface area contributed by atoms with Crippen LogP contribution in [0.15, 0.2) is 53.1 Å². The molecule has 6 heteroatoms. The number of carbonyl (C=O) groups is 1. The maximum absolute atomic E-state index is 12.8. The third-order valence-electron chi connectivity index (χ3n) is 4.84.